The third kappa shape index (κ3) is 6.62. The largest absolute Gasteiger partial charge is 0.387 e. The van der Waals surface area contributed by atoms with Gasteiger partial charge in [-0.25, -0.2) is 4.52 Å². The molecule has 4 aromatic heterocycles. The maximum absolute atomic E-state index is 13.7. The number of amides is 5. The Morgan fingerprint density at radius 3 is 2.39 bits per heavy atom. The van der Waals surface area contributed by atoms with Gasteiger partial charge in [0.1, 0.15) is 17.1 Å². The van der Waals surface area contributed by atoms with Crippen LogP contribution in [-0.4, -0.2) is 115 Å². The third-order valence-corrected chi connectivity index (χ3v) is 16.1. The highest BCUT2D eigenvalue weighted by atomic mass is 32.1. The number of hydrogen-bond donors (Lipinski definition) is 3. The van der Waals surface area contributed by atoms with Gasteiger partial charge >= 0.3 is 0 Å². The number of fused-ring (bicyclic) bond motifs is 5. The van der Waals surface area contributed by atoms with Crippen LogP contribution in [0.25, 0.3) is 27.5 Å². The van der Waals surface area contributed by atoms with Crippen LogP contribution in [0.3, 0.4) is 0 Å². The van der Waals surface area contributed by atoms with Crippen molar-refractivity contribution in [3.63, 3.8) is 0 Å². The van der Waals surface area contributed by atoms with Crippen LogP contribution in [-0.2, 0) is 19.8 Å². The fourth-order valence-electron chi connectivity index (χ4n) is 11.0. The number of imide groups is 2. The van der Waals surface area contributed by atoms with Gasteiger partial charge in [-0.1, -0.05) is 11.3 Å². The van der Waals surface area contributed by atoms with E-state index in [0.717, 1.165) is 126 Å². The number of benzene rings is 1. The smallest absolute Gasteiger partial charge is 0.262 e. The SMILES string of the molecule is CNc1cc(-c2ccc3cc(C#N)cnn23)ncc1-c1nnc(C23CCC(NC(=O)C4CN(C5CCN(c6ccc7c(c6)C(=O)N(C6CCC(=O)NC6=O)C7=O)CC5)C4)(CC2)CC3)s1. The topological polar surface area (TPSA) is 211 Å². The van der Waals surface area contributed by atoms with Gasteiger partial charge in [-0.15, -0.1) is 10.2 Å². The van der Waals surface area contributed by atoms with Crippen LogP contribution < -0.4 is 20.9 Å². The number of aromatic nitrogens is 5. The molecule has 3 saturated carbocycles. The van der Waals surface area contributed by atoms with E-state index in [1.54, 1.807) is 40.2 Å². The summed E-state index contributed by atoms with van der Waals surface area (Å²) in [6.07, 6.45) is 11.1. The number of rotatable bonds is 9. The standard InChI is InChI=1S/C46H46N12O5S/c1-48-34-20-35(36-5-3-30-18-26(21-47)22-50-58(30)36)49-23-33(34)41-53-54-44(64-41)45-10-13-46(14-11-45,15-12-45)52-39(60)27-24-56(25-27)28-8-16-55(17-9-28)29-2-4-31-32(19-29)43(63)57(42(31)62)37-6-7-38(59)51-40(37)61/h2-5,18-20,22-23,27-28,37H,6-17,24-25H2,1H3,(H,48,49)(H,52,60)(H,51,59,61). The van der Waals surface area contributed by atoms with E-state index in [1.807, 2.05) is 37.5 Å². The summed E-state index contributed by atoms with van der Waals surface area (Å²) < 4.78 is 1.78. The fraction of sp³-hybridized carbons (Fsp3) is 0.435. The Morgan fingerprint density at radius 1 is 0.891 bits per heavy atom. The van der Waals surface area contributed by atoms with Gasteiger partial charge in [0.15, 0.2) is 5.01 Å². The second-order valence-corrected chi connectivity index (χ2v) is 19.3. The van der Waals surface area contributed by atoms with Crippen molar-refractivity contribution in [1.82, 2.24) is 45.2 Å². The van der Waals surface area contributed by atoms with Crippen LogP contribution in [0.2, 0.25) is 0 Å². The summed E-state index contributed by atoms with van der Waals surface area (Å²) in [4.78, 5) is 74.9. The molecule has 6 fully saturated rings. The Balaban J connectivity index is 0.669. The van der Waals surface area contributed by atoms with Gasteiger partial charge < -0.3 is 15.5 Å². The molecule has 3 saturated heterocycles. The molecule has 4 aliphatic heterocycles. The monoisotopic (exact) mass is 878 g/mol. The first-order chi connectivity index (χ1) is 31.0. The lowest BCUT2D eigenvalue weighted by molar-refractivity contribution is -0.137. The number of pyridine rings is 1. The normalized spacial score (nSPS) is 25.0. The van der Waals surface area contributed by atoms with Crippen LogP contribution in [0.4, 0.5) is 11.4 Å². The predicted molar refractivity (Wildman–Crippen MR) is 235 cm³/mol. The number of likely N-dealkylation sites (tertiary alicyclic amines) is 1. The Morgan fingerprint density at radius 2 is 1.66 bits per heavy atom. The zero-order chi connectivity index (χ0) is 43.9. The first-order valence-electron chi connectivity index (χ1n) is 22.1. The molecule has 5 aromatic rings. The van der Waals surface area contributed by atoms with Crippen molar-refractivity contribution in [2.24, 2.45) is 5.92 Å². The molecule has 326 valence electrons. The van der Waals surface area contributed by atoms with Crippen molar-refractivity contribution < 1.29 is 24.0 Å². The lowest BCUT2D eigenvalue weighted by atomic mass is 9.57. The Labute approximate surface area is 372 Å². The van der Waals surface area contributed by atoms with E-state index in [4.69, 9.17) is 10.1 Å². The fourth-order valence-corrected chi connectivity index (χ4v) is 12.1. The number of piperidine rings is 2. The molecule has 64 heavy (non-hydrogen) atoms. The Bertz CT molecular complexity index is 2810. The van der Waals surface area contributed by atoms with Crippen LogP contribution in [0.5, 0.6) is 0 Å². The van der Waals surface area contributed by atoms with Crippen molar-refractivity contribution in [3.05, 3.63) is 76.6 Å². The van der Waals surface area contributed by atoms with E-state index in [0.29, 0.717) is 17.2 Å². The van der Waals surface area contributed by atoms with Crippen LogP contribution in [0.1, 0.15) is 95.5 Å². The first kappa shape index (κ1) is 40.2. The zero-order valence-electron chi connectivity index (χ0n) is 35.3. The first-order valence-corrected chi connectivity index (χ1v) is 22.9. The highest BCUT2D eigenvalue weighted by Crippen LogP contribution is 2.55. The third-order valence-electron chi connectivity index (χ3n) is 14.9. The summed E-state index contributed by atoms with van der Waals surface area (Å²) in [6.45, 7) is 3.07. The van der Waals surface area contributed by atoms with E-state index >= 15 is 0 Å². The molecule has 1 unspecified atom stereocenters. The number of nitriles is 1. The summed E-state index contributed by atoms with van der Waals surface area (Å²) >= 11 is 1.64. The maximum atomic E-state index is 13.7. The average Bonchev–Trinajstić information content (AvgIpc) is 4.03. The minimum Gasteiger partial charge on any atom is -0.387 e. The van der Waals surface area contributed by atoms with Crippen molar-refractivity contribution >= 4 is 57.8 Å². The summed E-state index contributed by atoms with van der Waals surface area (Å²) in [5, 5.41) is 34.1. The molecule has 3 aliphatic carbocycles. The van der Waals surface area contributed by atoms with Gasteiger partial charge in [-0.2, -0.15) is 10.4 Å². The van der Waals surface area contributed by atoms with Crippen molar-refractivity contribution in [3.8, 4) is 28.0 Å². The molecular weight excluding hydrogens is 833 g/mol. The summed E-state index contributed by atoms with van der Waals surface area (Å²) in [5.41, 5.74) is 5.90. The predicted octanol–water partition coefficient (Wildman–Crippen LogP) is 4.29. The van der Waals surface area contributed by atoms with Crippen LogP contribution in [0, 0.1) is 17.2 Å². The van der Waals surface area contributed by atoms with E-state index in [2.05, 4.69) is 42.0 Å². The highest BCUT2D eigenvalue weighted by Gasteiger charge is 2.53. The number of anilines is 2. The van der Waals surface area contributed by atoms with Crippen molar-refractivity contribution in [2.45, 2.75) is 87.2 Å². The van der Waals surface area contributed by atoms with E-state index < -0.39 is 29.7 Å². The van der Waals surface area contributed by atoms with Gasteiger partial charge in [0.05, 0.1) is 51.3 Å². The van der Waals surface area contributed by atoms with E-state index in [9.17, 15) is 29.2 Å². The lowest BCUT2D eigenvalue weighted by Gasteiger charge is -2.54. The number of hydrogen-bond acceptors (Lipinski definition) is 14. The lowest BCUT2D eigenvalue weighted by Crippen LogP contribution is -2.64. The molecule has 3 N–H and O–H groups in total. The molecule has 1 aromatic carbocycles. The number of carbonyl (C=O) groups excluding carboxylic acids is 5. The molecule has 2 bridgehead atoms. The minimum atomic E-state index is -0.986. The van der Waals surface area contributed by atoms with E-state index in [1.165, 1.54) is 0 Å². The van der Waals surface area contributed by atoms with Gasteiger partial charge in [0.25, 0.3) is 11.8 Å². The number of nitrogens with zero attached hydrogens (tertiary/aromatic N) is 9. The second-order valence-electron chi connectivity index (χ2n) is 18.3. The minimum absolute atomic E-state index is 0.0233. The maximum Gasteiger partial charge on any atom is 0.262 e. The highest BCUT2D eigenvalue weighted by molar-refractivity contribution is 7.14. The average molecular weight is 879 g/mol. The molecule has 12 rings (SSSR count). The van der Waals surface area contributed by atoms with Crippen molar-refractivity contribution in [1.29, 1.82) is 5.26 Å². The molecule has 5 amide bonds. The summed E-state index contributed by atoms with van der Waals surface area (Å²) in [6, 6.07) is 14.5. The molecule has 17 nitrogen and oxygen atoms in total. The zero-order valence-corrected chi connectivity index (χ0v) is 36.1. The van der Waals surface area contributed by atoms with Crippen LogP contribution in [0.15, 0.2) is 54.9 Å². The quantitative estimate of drug-likeness (QED) is 0.177. The Kier molecular flexibility index (Phi) is 9.61. The van der Waals surface area contributed by atoms with Crippen LogP contribution >= 0.6 is 11.3 Å². The van der Waals surface area contributed by atoms with Gasteiger partial charge in [-0.3, -0.25) is 44.1 Å². The molecule has 0 radical (unpaired) electrons. The molecule has 0 spiro atoms. The molecule has 18 heteroatoms. The Hall–Kier alpha value is -6.58. The van der Waals surface area contributed by atoms with E-state index in [-0.39, 0.29) is 41.2 Å². The summed E-state index contributed by atoms with van der Waals surface area (Å²) in [7, 11) is 1.88. The molecule has 8 heterocycles. The summed E-state index contributed by atoms with van der Waals surface area (Å²) in [5.74, 6) is -1.87. The van der Waals surface area contributed by atoms with Crippen molar-refractivity contribution in [2.75, 3.05) is 43.4 Å². The molecule has 1 atom stereocenters. The number of carbonyl (C=O) groups is 5. The van der Waals surface area contributed by atoms with Gasteiger partial charge in [-0.05, 0) is 100 Å². The van der Waals surface area contributed by atoms with Gasteiger partial charge in [0, 0.05) is 74.2 Å². The molecular formula is C46H46N12O5S. The molecule has 7 aliphatic rings. The van der Waals surface area contributed by atoms with Gasteiger partial charge in [0.2, 0.25) is 17.7 Å². The second kappa shape index (κ2) is 15.3. The number of nitrogens with one attached hydrogen (secondary N) is 3.